The Hall–Kier alpha value is -2.54. The molecule has 0 aromatic heterocycles. The smallest absolute Gasteiger partial charge is 0.344 e. The Morgan fingerprint density at radius 2 is 1.85 bits per heavy atom. The summed E-state index contributed by atoms with van der Waals surface area (Å²) in [6.07, 6.45) is 7.77. The maximum Gasteiger partial charge on any atom is 0.344 e. The molecular formula is C16H14O4. The van der Waals surface area contributed by atoms with Gasteiger partial charge in [-0.2, -0.15) is 0 Å². The van der Waals surface area contributed by atoms with Crippen molar-refractivity contribution in [3.63, 3.8) is 0 Å². The standard InChI is InChI=1S/C16H14O4/c1-10-2-3-12(15(17)18)8-9-14(10)11-4-6-13(7-5-11)16(19)20/h4,6,8-10H,5,7H2,1H3,(H,17,18)(H,19,20). The molecule has 1 unspecified atom stereocenters. The van der Waals surface area contributed by atoms with Crippen LogP contribution >= 0.6 is 0 Å². The van der Waals surface area contributed by atoms with Gasteiger partial charge >= 0.3 is 11.9 Å². The summed E-state index contributed by atoms with van der Waals surface area (Å²) in [5, 5.41) is 17.9. The summed E-state index contributed by atoms with van der Waals surface area (Å²) in [4.78, 5) is 21.8. The van der Waals surface area contributed by atoms with Gasteiger partial charge in [0.2, 0.25) is 0 Å². The normalized spacial score (nSPS) is 21.4. The largest absolute Gasteiger partial charge is 0.478 e. The molecule has 2 N–H and O–H groups in total. The van der Waals surface area contributed by atoms with Gasteiger partial charge in [0.15, 0.2) is 0 Å². The SMILES string of the molecule is CC1C#CC(C(=O)O)=CC=C1C1=CC=C(C(=O)O)CC1. The summed E-state index contributed by atoms with van der Waals surface area (Å²) in [6, 6.07) is 0. The van der Waals surface area contributed by atoms with E-state index in [9.17, 15) is 9.59 Å². The van der Waals surface area contributed by atoms with Crippen molar-refractivity contribution < 1.29 is 19.8 Å². The lowest BCUT2D eigenvalue weighted by Crippen LogP contribution is -2.07. The second kappa shape index (κ2) is 5.62. The molecule has 0 radical (unpaired) electrons. The van der Waals surface area contributed by atoms with Crippen molar-refractivity contribution in [2.24, 2.45) is 5.92 Å². The van der Waals surface area contributed by atoms with Gasteiger partial charge in [0.05, 0.1) is 0 Å². The molecule has 20 heavy (non-hydrogen) atoms. The molecule has 0 amide bonds. The molecule has 0 aromatic carbocycles. The van der Waals surface area contributed by atoms with E-state index in [1.165, 1.54) is 6.08 Å². The minimum Gasteiger partial charge on any atom is -0.478 e. The first-order valence-electron chi connectivity index (χ1n) is 6.29. The Bertz CT molecular complexity index is 648. The molecule has 4 heteroatoms. The predicted molar refractivity (Wildman–Crippen MR) is 73.8 cm³/mol. The van der Waals surface area contributed by atoms with E-state index in [-0.39, 0.29) is 11.5 Å². The fourth-order valence-corrected chi connectivity index (χ4v) is 2.19. The monoisotopic (exact) mass is 270 g/mol. The van der Waals surface area contributed by atoms with E-state index in [2.05, 4.69) is 11.8 Å². The molecule has 0 spiro atoms. The van der Waals surface area contributed by atoms with Gasteiger partial charge in [-0.1, -0.05) is 30.1 Å². The van der Waals surface area contributed by atoms with Gasteiger partial charge in [-0.25, -0.2) is 9.59 Å². The minimum absolute atomic E-state index is 0.0741. The van der Waals surface area contributed by atoms with Crippen LogP contribution in [0.1, 0.15) is 19.8 Å². The van der Waals surface area contributed by atoms with Crippen LogP contribution in [0.4, 0.5) is 0 Å². The molecule has 0 heterocycles. The third-order valence-corrected chi connectivity index (χ3v) is 3.34. The van der Waals surface area contributed by atoms with Crippen molar-refractivity contribution in [2.75, 3.05) is 0 Å². The lowest BCUT2D eigenvalue weighted by Gasteiger charge is -2.17. The molecule has 1 atom stereocenters. The Labute approximate surface area is 116 Å². The zero-order valence-electron chi connectivity index (χ0n) is 11.0. The highest BCUT2D eigenvalue weighted by atomic mass is 16.4. The highest BCUT2D eigenvalue weighted by Crippen LogP contribution is 2.29. The van der Waals surface area contributed by atoms with Gasteiger partial charge in [-0.15, -0.1) is 0 Å². The van der Waals surface area contributed by atoms with Gasteiger partial charge in [0.1, 0.15) is 5.57 Å². The minimum atomic E-state index is -1.03. The van der Waals surface area contributed by atoms with Crippen LogP contribution in [-0.4, -0.2) is 22.2 Å². The molecule has 0 fully saturated rings. The molecule has 0 bridgehead atoms. The number of carbonyl (C=O) groups is 2. The molecule has 0 aromatic rings. The lowest BCUT2D eigenvalue weighted by molar-refractivity contribution is -0.133. The van der Waals surface area contributed by atoms with Gasteiger partial charge in [0.25, 0.3) is 0 Å². The van der Waals surface area contributed by atoms with E-state index in [4.69, 9.17) is 10.2 Å². The fraction of sp³-hybridized carbons (Fsp3) is 0.250. The Morgan fingerprint density at radius 1 is 1.10 bits per heavy atom. The van der Waals surface area contributed by atoms with Crippen LogP contribution in [0.3, 0.4) is 0 Å². The quantitative estimate of drug-likeness (QED) is 0.772. The number of carboxylic acids is 2. The van der Waals surface area contributed by atoms with Gasteiger partial charge in [-0.3, -0.25) is 0 Å². The molecule has 102 valence electrons. The molecule has 0 saturated carbocycles. The summed E-state index contributed by atoms with van der Waals surface area (Å²) in [5.74, 6) is 3.56. The molecule has 2 rings (SSSR count). The maximum absolute atomic E-state index is 10.9. The summed E-state index contributed by atoms with van der Waals surface area (Å²) in [7, 11) is 0. The highest BCUT2D eigenvalue weighted by molar-refractivity contribution is 5.92. The molecule has 2 aliphatic rings. The van der Waals surface area contributed by atoms with E-state index < -0.39 is 11.9 Å². The lowest BCUT2D eigenvalue weighted by atomic mass is 9.87. The van der Waals surface area contributed by atoms with E-state index in [0.717, 1.165) is 11.1 Å². The summed E-state index contributed by atoms with van der Waals surface area (Å²) < 4.78 is 0. The zero-order chi connectivity index (χ0) is 14.7. The van der Waals surface area contributed by atoms with Crippen LogP contribution in [0.2, 0.25) is 0 Å². The fourth-order valence-electron chi connectivity index (χ4n) is 2.19. The van der Waals surface area contributed by atoms with E-state index in [1.807, 2.05) is 6.92 Å². The number of rotatable bonds is 3. The van der Waals surface area contributed by atoms with Crippen LogP contribution < -0.4 is 0 Å². The Morgan fingerprint density at radius 3 is 2.40 bits per heavy atom. The first-order valence-corrected chi connectivity index (χ1v) is 6.29. The van der Waals surface area contributed by atoms with E-state index in [0.29, 0.717) is 18.4 Å². The summed E-state index contributed by atoms with van der Waals surface area (Å²) >= 11 is 0. The Kier molecular flexibility index (Phi) is 3.90. The molecule has 0 saturated heterocycles. The van der Waals surface area contributed by atoms with Crippen LogP contribution in [0, 0.1) is 17.8 Å². The molecule has 2 aliphatic carbocycles. The molecule has 0 aliphatic heterocycles. The van der Waals surface area contributed by atoms with Gasteiger partial charge in [-0.05, 0) is 37.0 Å². The number of hydrogen-bond acceptors (Lipinski definition) is 2. The third kappa shape index (κ3) is 2.89. The summed E-state index contributed by atoms with van der Waals surface area (Å²) in [6.45, 7) is 1.91. The second-order valence-electron chi connectivity index (χ2n) is 4.69. The van der Waals surface area contributed by atoms with Crippen molar-refractivity contribution >= 4 is 11.9 Å². The number of carboxylic acid groups (broad SMARTS) is 2. The summed E-state index contributed by atoms with van der Waals surface area (Å²) in [5.41, 5.74) is 2.43. The van der Waals surface area contributed by atoms with Crippen LogP contribution in [0.15, 0.2) is 46.6 Å². The van der Waals surface area contributed by atoms with Crippen molar-refractivity contribution in [3.8, 4) is 11.8 Å². The average molecular weight is 270 g/mol. The van der Waals surface area contributed by atoms with Crippen molar-refractivity contribution in [3.05, 3.63) is 46.6 Å². The molecule has 4 nitrogen and oxygen atoms in total. The van der Waals surface area contributed by atoms with Crippen molar-refractivity contribution in [2.45, 2.75) is 19.8 Å². The molecular weight excluding hydrogens is 256 g/mol. The first-order chi connectivity index (χ1) is 9.49. The van der Waals surface area contributed by atoms with Crippen molar-refractivity contribution in [1.29, 1.82) is 0 Å². The van der Waals surface area contributed by atoms with Crippen molar-refractivity contribution in [1.82, 2.24) is 0 Å². The topological polar surface area (TPSA) is 74.6 Å². The van der Waals surface area contributed by atoms with Gasteiger partial charge in [0, 0.05) is 11.5 Å². The number of hydrogen-bond donors (Lipinski definition) is 2. The zero-order valence-corrected chi connectivity index (χ0v) is 11.0. The van der Waals surface area contributed by atoms with E-state index >= 15 is 0 Å². The highest BCUT2D eigenvalue weighted by Gasteiger charge is 2.18. The Balaban J connectivity index is 2.33. The van der Waals surface area contributed by atoms with Crippen LogP contribution in [0.5, 0.6) is 0 Å². The predicted octanol–water partition coefficient (Wildman–Crippen LogP) is 2.31. The third-order valence-electron chi connectivity index (χ3n) is 3.34. The van der Waals surface area contributed by atoms with Gasteiger partial charge < -0.3 is 10.2 Å². The average Bonchev–Trinajstić information content (AvgIpc) is 2.61. The van der Waals surface area contributed by atoms with Crippen LogP contribution in [0.25, 0.3) is 0 Å². The van der Waals surface area contributed by atoms with Crippen LogP contribution in [-0.2, 0) is 9.59 Å². The second-order valence-corrected chi connectivity index (χ2v) is 4.69. The first kappa shape index (κ1) is 13.9. The number of allylic oxidation sites excluding steroid dienone is 6. The van der Waals surface area contributed by atoms with E-state index in [1.54, 1.807) is 18.2 Å². The maximum atomic E-state index is 10.9. The number of aliphatic carboxylic acids is 2.